The van der Waals surface area contributed by atoms with Crippen molar-refractivity contribution in [1.29, 1.82) is 0 Å². The minimum absolute atomic E-state index is 0.171. The van der Waals surface area contributed by atoms with Gasteiger partial charge in [0.25, 0.3) is 5.89 Å². The van der Waals surface area contributed by atoms with Gasteiger partial charge in [0.05, 0.1) is 36.8 Å². The number of carbonyl (C=O) groups excluding carboxylic acids is 1. The number of morpholine rings is 1. The molecule has 1 saturated carbocycles. The van der Waals surface area contributed by atoms with Gasteiger partial charge in [-0.25, -0.2) is 4.98 Å². The lowest BCUT2D eigenvalue weighted by Crippen LogP contribution is -2.40. The van der Waals surface area contributed by atoms with E-state index in [0.29, 0.717) is 37.3 Å². The Morgan fingerprint density at radius 1 is 0.949 bits per heavy atom. The average Bonchev–Trinajstić information content (AvgIpc) is 3.76. The number of carbonyl (C=O) groups is 1. The molecule has 0 spiro atoms. The number of hydrogen-bond donors (Lipinski definition) is 2. The highest BCUT2D eigenvalue weighted by Gasteiger charge is 2.31. The number of hydrogen-bond acceptors (Lipinski definition) is 9. The van der Waals surface area contributed by atoms with Gasteiger partial charge in [-0.3, -0.25) is 4.79 Å². The number of rotatable bonds is 6. The molecule has 1 saturated heterocycles. The highest BCUT2D eigenvalue weighted by atomic mass is 16.5. The van der Waals surface area contributed by atoms with Crippen LogP contribution in [-0.4, -0.2) is 60.0 Å². The van der Waals surface area contributed by atoms with Crippen molar-refractivity contribution >= 4 is 34.7 Å². The lowest BCUT2D eigenvalue weighted by Gasteiger charge is -2.30. The zero-order chi connectivity index (χ0) is 26.2. The first-order chi connectivity index (χ1) is 19.2. The first kappa shape index (κ1) is 23.7. The Hall–Kier alpha value is -4.44. The predicted octanol–water partition coefficient (Wildman–Crippen LogP) is 4.42. The lowest BCUT2D eigenvalue weighted by molar-refractivity contribution is -0.116. The summed E-state index contributed by atoms with van der Waals surface area (Å²) < 4.78 is 11.6. The fraction of sp³-hybridized carbons (Fsp3) is 0.310. The van der Waals surface area contributed by atoms with Crippen LogP contribution in [0, 0.1) is 0 Å². The summed E-state index contributed by atoms with van der Waals surface area (Å²) in [6.07, 6.45) is 4.32. The Balaban J connectivity index is 1.17. The van der Waals surface area contributed by atoms with Gasteiger partial charge in [-0.05, 0) is 54.7 Å². The summed E-state index contributed by atoms with van der Waals surface area (Å²) in [5, 5.41) is 14.8. The van der Waals surface area contributed by atoms with E-state index in [1.165, 1.54) is 18.4 Å². The molecule has 10 nitrogen and oxygen atoms in total. The third kappa shape index (κ3) is 4.79. The molecule has 4 aromatic rings. The molecule has 0 unspecified atom stereocenters. The average molecular weight is 524 g/mol. The number of aromatic nitrogens is 3. The predicted molar refractivity (Wildman–Crippen MR) is 148 cm³/mol. The molecule has 2 aromatic heterocycles. The van der Waals surface area contributed by atoms with Gasteiger partial charge in [0.1, 0.15) is 6.04 Å². The van der Waals surface area contributed by atoms with E-state index in [1.54, 1.807) is 0 Å². The third-order valence-electron chi connectivity index (χ3n) is 7.42. The van der Waals surface area contributed by atoms with Gasteiger partial charge in [-0.1, -0.05) is 35.4 Å². The summed E-state index contributed by atoms with van der Waals surface area (Å²) in [5.74, 6) is 0.719. The second kappa shape index (κ2) is 10.0. The van der Waals surface area contributed by atoms with Crippen molar-refractivity contribution in [2.24, 2.45) is 0 Å². The molecule has 0 bridgehead atoms. The van der Waals surface area contributed by atoms with Crippen LogP contribution in [0.25, 0.3) is 11.6 Å². The fourth-order valence-electron chi connectivity index (χ4n) is 5.21. The lowest BCUT2D eigenvalue weighted by atomic mass is 10.1. The Bertz CT molecular complexity index is 1480. The summed E-state index contributed by atoms with van der Waals surface area (Å²) in [5.41, 5.74) is 5.52. The van der Waals surface area contributed by atoms with Crippen molar-refractivity contribution in [3.05, 3.63) is 72.4 Å². The maximum absolute atomic E-state index is 13.3. The van der Waals surface area contributed by atoms with Crippen LogP contribution < -0.4 is 20.4 Å². The maximum Gasteiger partial charge on any atom is 0.316 e. The van der Waals surface area contributed by atoms with E-state index in [1.807, 2.05) is 60.8 Å². The number of amides is 1. The zero-order valence-corrected chi connectivity index (χ0v) is 21.4. The third-order valence-corrected chi connectivity index (χ3v) is 7.42. The Morgan fingerprint density at radius 2 is 1.74 bits per heavy atom. The number of benzene rings is 2. The quantitative estimate of drug-likeness (QED) is 0.380. The molecule has 7 rings (SSSR count). The minimum Gasteiger partial charge on any atom is -0.402 e. The second-order valence-corrected chi connectivity index (χ2v) is 10.1. The van der Waals surface area contributed by atoms with Crippen LogP contribution in [0.3, 0.4) is 0 Å². The van der Waals surface area contributed by atoms with Crippen molar-refractivity contribution in [2.45, 2.75) is 24.8 Å². The second-order valence-electron chi connectivity index (χ2n) is 10.1. The van der Waals surface area contributed by atoms with Crippen LogP contribution in [-0.2, 0) is 9.53 Å². The van der Waals surface area contributed by atoms with Crippen molar-refractivity contribution in [1.82, 2.24) is 15.2 Å². The number of nitrogens with one attached hydrogen (secondary N) is 2. The van der Waals surface area contributed by atoms with E-state index in [4.69, 9.17) is 14.1 Å². The molecule has 0 radical (unpaired) electrons. The van der Waals surface area contributed by atoms with E-state index < -0.39 is 6.04 Å². The number of nitrogens with zero attached hydrogens (tertiary/aromatic N) is 5. The molecule has 198 valence electrons. The fourth-order valence-corrected chi connectivity index (χ4v) is 5.21. The molecule has 3 aliphatic rings. The Labute approximate surface area is 226 Å². The number of pyridine rings is 1. The van der Waals surface area contributed by atoms with Crippen molar-refractivity contribution in [3.63, 3.8) is 0 Å². The van der Waals surface area contributed by atoms with Crippen LogP contribution >= 0.6 is 0 Å². The molecule has 2 fully saturated rings. The normalized spacial score (nSPS) is 19.3. The molecule has 10 heteroatoms. The van der Waals surface area contributed by atoms with E-state index in [2.05, 4.69) is 36.7 Å². The molecular formula is C29H29N7O3. The molecule has 1 atom stereocenters. The first-order valence-corrected chi connectivity index (χ1v) is 13.4. The molecule has 39 heavy (non-hydrogen) atoms. The minimum atomic E-state index is -0.644. The topological polar surface area (TPSA) is 109 Å². The molecule has 1 amide bonds. The van der Waals surface area contributed by atoms with Crippen LogP contribution in [0.1, 0.15) is 24.3 Å². The van der Waals surface area contributed by atoms with Crippen LogP contribution in [0.15, 0.2) is 71.3 Å². The van der Waals surface area contributed by atoms with Crippen molar-refractivity contribution in [2.75, 3.05) is 53.3 Å². The molecular weight excluding hydrogens is 494 g/mol. The number of fused-ring (bicyclic) bond motifs is 1. The SMILES string of the molecule is O=C1Nc2ccccc2N(c2ccccc2)C[C@@H]1Nc1nnc(-c2ncc(C3CC3)cc2N2CCOCC2)o1. The van der Waals surface area contributed by atoms with E-state index in [-0.39, 0.29) is 11.9 Å². The Kier molecular flexibility index (Phi) is 6.08. The van der Waals surface area contributed by atoms with Gasteiger partial charge >= 0.3 is 6.01 Å². The summed E-state index contributed by atoms with van der Waals surface area (Å²) in [6, 6.07) is 19.5. The summed E-state index contributed by atoms with van der Waals surface area (Å²) in [6.45, 7) is 3.26. The summed E-state index contributed by atoms with van der Waals surface area (Å²) in [7, 11) is 0. The smallest absolute Gasteiger partial charge is 0.316 e. The van der Waals surface area contributed by atoms with Crippen LogP contribution in [0.2, 0.25) is 0 Å². The largest absolute Gasteiger partial charge is 0.402 e. The van der Waals surface area contributed by atoms with Crippen LogP contribution in [0.5, 0.6) is 0 Å². The highest BCUT2D eigenvalue weighted by molar-refractivity contribution is 6.02. The van der Waals surface area contributed by atoms with Gasteiger partial charge < -0.3 is 29.6 Å². The monoisotopic (exact) mass is 523 g/mol. The number of para-hydroxylation sites is 3. The van der Waals surface area contributed by atoms with E-state index in [9.17, 15) is 4.79 Å². The van der Waals surface area contributed by atoms with Gasteiger partial charge in [0, 0.05) is 25.0 Å². The molecule has 4 heterocycles. The molecule has 2 N–H and O–H groups in total. The van der Waals surface area contributed by atoms with Crippen molar-refractivity contribution < 1.29 is 13.9 Å². The summed E-state index contributed by atoms with van der Waals surface area (Å²) in [4.78, 5) is 22.4. The van der Waals surface area contributed by atoms with Crippen LogP contribution in [0.4, 0.5) is 28.8 Å². The standard InChI is InChI=1S/C29H29N7O3/c37-27-23(18-36(21-6-2-1-3-7-21)24-9-5-4-8-22(24)31-27)32-29-34-33-28(39-29)26-25(35-12-14-38-15-13-35)16-20(17-30-26)19-10-11-19/h1-9,16-17,19,23H,10-15,18H2,(H,31,37)(H,32,34)/t23-/m0/s1. The van der Waals surface area contributed by atoms with E-state index in [0.717, 1.165) is 35.8 Å². The molecule has 1 aliphatic carbocycles. The molecule has 2 aromatic carbocycles. The highest BCUT2D eigenvalue weighted by Crippen LogP contribution is 2.42. The maximum atomic E-state index is 13.3. The zero-order valence-electron chi connectivity index (χ0n) is 21.4. The first-order valence-electron chi connectivity index (χ1n) is 13.4. The van der Waals surface area contributed by atoms with Gasteiger partial charge in [0.2, 0.25) is 5.91 Å². The van der Waals surface area contributed by atoms with Crippen molar-refractivity contribution in [3.8, 4) is 11.6 Å². The van der Waals surface area contributed by atoms with Gasteiger partial charge in [-0.15, -0.1) is 5.10 Å². The van der Waals surface area contributed by atoms with Gasteiger partial charge in [-0.2, -0.15) is 0 Å². The summed E-state index contributed by atoms with van der Waals surface area (Å²) >= 11 is 0. The van der Waals surface area contributed by atoms with Gasteiger partial charge in [0.15, 0.2) is 5.69 Å². The van der Waals surface area contributed by atoms with E-state index >= 15 is 0 Å². The molecule has 2 aliphatic heterocycles. The number of anilines is 5. The Morgan fingerprint density at radius 3 is 2.56 bits per heavy atom. The number of ether oxygens (including phenoxy) is 1.